The second-order valence-corrected chi connectivity index (χ2v) is 5.27. The topological polar surface area (TPSA) is 29.5 Å². The molecule has 2 rings (SSSR count). The normalized spacial score (nSPS) is 16.4. The lowest BCUT2D eigenvalue weighted by Crippen LogP contribution is -2.24. The van der Waals surface area contributed by atoms with E-state index < -0.39 is 0 Å². The predicted molar refractivity (Wildman–Crippen MR) is 77.6 cm³/mol. The largest absolute Gasteiger partial charge is 0.462 e. The van der Waals surface area contributed by atoms with Gasteiger partial charge in [0, 0.05) is 23.3 Å². The summed E-state index contributed by atoms with van der Waals surface area (Å²) in [6.45, 7) is 13.7. The van der Waals surface area contributed by atoms with Crippen LogP contribution in [0.3, 0.4) is 0 Å². The smallest absolute Gasteiger partial charge is 0.338 e. The minimum Gasteiger partial charge on any atom is -0.462 e. The molecule has 0 atom stereocenters. The van der Waals surface area contributed by atoms with Gasteiger partial charge in [-0.1, -0.05) is 20.4 Å². The van der Waals surface area contributed by atoms with Gasteiger partial charge in [-0.25, -0.2) is 4.79 Å². The van der Waals surface area contributed by atoms with Gasteiger partial charge in [0.05, 0.1) is 12.2 Å². The number of hydrogen-bond donors (Lipinski definition) is 0. The van der Waals surface area contributed by atoms with E-state index in [0.29, 0.717) is 12.2 Å². The zero-order valence-electron chi connectivity index (χ0n) is 12.1. The standard InChI is InChI=1S/C16H21NO2/c1-6-17-11(3)16(4,5)13-10-12(8-9-14(13)17)15(18)19-7-2/h8-10H,3,6-7H2,1-2,4-5H3. The summed E-state index contributed by atoms with van der Waals surface area (Å²) in [6.07, 6.45) is 0. The van der Waals surface area contributed by atoms with Gasteiger partial charge in [-0.15, -0.1) is 0 Å². The van der Waals surface area contributed by atoms with Gasteiger partial charge in [-0.05, 0) is 37.6 Å². The Hall–Kier alpha value is -1.77. The van der Waals surface area contributed by atoms with E-state index in [-0.39, 0.29) is 11.4 Å². The number of esters is 1. The van der Waals surface area contributed by atoms with E-state index in [4.69, 9.17) is 4.74 Å². The number of benzene rings is 1. The van der Waals surface area contributed by atoms with Crippen molar-refractivity contribution in [2.75, 3.05) is 18.1 Å². The molecule has 1 aliphatic heterocycles. The minimum absolute atomic E-state index is 0.145. The van der Waals surface area contributed by atoms with Crippen molar-refractivity contribution in [2.24, 2.45) is 0 Å². The molecule has 1 aromatic rings. The van der Waals surface area contributed by atoms with Gasteiger partial charge in [-0.2, -0.15) is 0 Å². The fraction of sp³-hybridized carbons (Fsp3) is 0.438. The molecule has 0 radical (unpaired) electrons. The van der Waals surface area contributed by atoms with Gasteiger partial charge in [0.2, 0.25) is 0 Å². The molecule has 1 aliphatic rings. The highest BCUT2D eigenvalue weighted by Gasteiger charge is 2.38. The molecule has 1 heterocycles. The maximum atomic E-state index is 11.8. The summed E-state index contributed by atoms with van der Waals surface area (Å²) in [4.78, 5) is 14.0. The highest BCUT2D eigenvalue weighted by molar-refractivity contribution is 5.91. The van der Waals surface area contributed by atoms with Crippen molar-refractivity contribution in [1.29, 1.82) is 0 Å². The van der Waals surface area contributed by atoms with Gasteiger partial charge in [-0.3, -0.25) is 0 Å². The summed E-state index contributed by atoms with van der Waals surface area (Å²) in [6, 6.07) is 5.76. The summed E-state index contributed by atoms with van der Waals surface area (Å²) in [5.74, 6) is -0.262. The second kappa shape index (κ2) is 4.72. The fourth-order valence-electron chi connectivity index (χ4n) is 2.61. The summed E-state index contributed by atoms with van der Waals surface area (Å²) >= 11 is 0. The van der Waals surface area contributed by atoms with E-state index in [2.05, 4.69) is 32.3 Å². The molecule has 0 fully saturated rings. The lowest BCUT2D eigenvalue weighted by atomic mass is 9.84. The third-order valence-corrected chi connectivity index (χ3v) is 3.84. The molecule has 0 unspecified atom stereocenters. The van der Waals surface area contributed by atoms with Crippen LogP contribution in [0.15, 0.2) is 30.5 Å². The third-order valence-electron chi connectivity index (χ3n) is 3.84. The highest BCUT2D eigenvalue weighted by atomic mass is 16.5. The Balaban J connectivity index is 2.49. The zero-order valence-corrected chi connectivity index (χ0v) is 12.1. The van der Waals surface area contributed by atoms with Crippen LogP contribution in [0.25, 0.3) is 0 Å². The molecule has 0 saturated heterocycles. The lowest BCUT2D eigenvalue weighted by Gasteiger charge is -2.24. The Morgan fingerprint density at radius 1 is 1.37 bits per heavy atom. The quantitative estimate of drug-likeness (QED) is 0.778. The molecule has 0 amide bonds. The van der Waals surface area contributed by atoms with Crippen molar-refractivity contribution in [1.82, 2.24) is 0 Å². The SMILES string of the molecule is C=C1N(CC)c2ccc(C(=O)OCC)cc2C1(C)C. The number of anilines is 1. The van der Waals surface area contributed by atoms with E-state index >= 15 is 0 Å². The third kappa shape index (κ3) is 2.03. The van der Waals surface area contributed by atoms with Crippen molar-refractivity contribution < 1.29 is 9.53 Å². The molecule has 102 valence electrons. The van der Waals surface area contributed by atoms with Crippen molar-refractivity contribution in [3.63, 3.8) is 0 Å². The summed E-state index contributed by atoms with van der Waals surface area (Å²) in [5.41, 5.74) is 3.83. The number of fused-ring (bicyclic) bond motifs is 1. The van der Waals surface area contributed by atoms with Gasteiger partial charge in [0.25, 0.3) is 0 Å². The first-order valence-corrected chi connectivity index (χ1v) is 6.72. The number of nitrogens with zero attached hydrogens (tertiary/aromatic N) is 1. The Kier molecular flexibility index (Phi) is 3.40. The maximum Gasteiger partial charge on any atom is 0.338 e. The van der Waals surface area contributed by atoms with Crippen LogP contribution in [0, 0.1) is 0 Å². The first-order valence-electron chi connectivity index (χ1n) is 6.72. The Morgan fingerprint density at radius 2 is 2.05 bits per heavy atom. The van der Waals surface area contributed by atoms with E-state index in [9.17, 15) is 4.79 Å². The first-order chi connectivity index (χ1) is 8.93. The lowest BCUT2D eigenvalue weighted by molar-refractivity contribution is 0.0526. The van der Waals surface area contributed by atoms with E-state index in [0.717, 1.165) is 23.5 Å². The van der Waals surface area contributed by atoms with Crippen molar-refractivity contribution >= 4 is 11.7 Å². The van der Waals surface area contributed by atoms with E-state index in [1.165, 1.54) is 0 Å². The van der Waals surface area contributed by atoms with E-state index in [1.807, 2.05) is 25.1 Å². The van der Waals surface area contributed by atoms with Crippen molar-refractivity contribution in [2.45, 2.75) is 33.1 Å². The molecule has 1 aromatic carbocycles. The number of ether oxygens (including phenoxy) is 1. The molecule has 0 N–H and O–H groups in total. The van der Waals surface area contributed by atoms with Gasteiger partial charge in [0.15, 0.2) is 0 Å². The van der Waals surface area contributed by atoms with Gasteiger partial charge in [0.1, 0.15) is 0 Å². The van der Waals surface area contributed by atoms with E-state index in [1.54, 1.807) is 0 Å². The monoisotopic (exact) mass is 259 g/mol. The predicted octanol–water partition coefficient (Wildman–Crippen LogP) is 3.49. The molecule has 0 saturated carbocycles. The number of allylic oxidation sites excluding steroid dienone is 1. The average molecular weight is 259 g/mol. The zero-order chi connectivity index (χ0) is 14.2. The Morgan fingerprint density at radius 3 is 2.63 bits per heavy atom. The van der Waals surface area contributed by atoms with Crippen LogP contribution < -0.4 is 4.90 Å². The second-order valence-electron chi connectivity index (χ2n) is 5.27. The molecule has 0 bridgehead atoms. The Bertz CT molecular complexity index is 532. The molecule has 3 heteroatoms. The Labute approximate surface area is 114 Å². The van der Waals surface area contributed by atoms with Gasteiger partial charge >= 0.3 is 5.97 Å². The van der Waals surface area contributed by atoms with Crippen LogP contribution in [0.2, 0.25) is 0 Å². The van der Waals surface area contributed by atoms with Crippen LogP contribution in [0.4, 0.5) is 5.69 Å². The number of rotatable bonds is 3. The number of carbonyl (C=O) groups is 1. The first kappa shape index (κ1) is 13.7. The van der Waals surface area contributed by atoms with Crippen LogP contribution in [-0.2, 0) is 10.2 Å². The van der Waals surface area contributed by atoms with Crippen LogP contribution in [-0.4, -0.2) is 19.1 Å². The highest BCUT2D eigenvalue weighted by Crippen LogP contribution is 2.46. The van der Waals surface area contributed by atoms with Crippen LogP contribution in [0.1, 0.15) is 43.6 Å². The number of likely N-dealkylation sites (N-methyl/N-ethyl adjacent to an activating group) is 1. The molecule has 0 aromatic heterocycles. The molecular formula is C16H21NO2. The summed E-state index contributed by atoms with van der Waals surface area (Å²) < 4.78 is 5.06. The maximum absolute atomic E-state index is 11.8. The number of hydrogen-bond acceptors (Lipinski definition) is 3. The molecule has 3 nitrogen and oxygen atoms in total. The minimum atomic E-state index is -0.262. The van der Waals surface area contributed by atoms with Gasteiger partial charge < -0.3 is 9.64 Å². The average Bonchev–Trinajstić information content (AvgIpc) is 2.57. The molecular weight excluding hydrogens is 238 g/mol. The van der Waals surface area contributed by atoms with Crippen LogP contribution >= 0.6 is 0 Å². The summed E-state index contributed by atoms with van der Waals surface area (Å²) in [7, 11) is 0. The van der Waals surface area contributed by atoms with Crippen molar-refractivity contribution in [3.8, 4) is 0 Å². The molecule has 19 heavy (non-hydrogen) atoms. The molecule has 0 aliphatic carbocycles. The number of carbonyl (C=O) groups excluding carboxylic acids is 1. The fourth-order valence-corrected chi connectivity index (χ4v) is 2.61. The molecule has 0 spiro atoms. The van der Waals surface area contributed by atoms with Crippen LogP contribution in [0.5, 0.6) is 0 Å². The van der Waals surface area contributed by atoms with Crippen molar-refractivity contribution in [3.05, 3.63) is 41.6 Å². The summed E-state index contributed by atoms with van der Waals surface area (Å²) in [5, 5.41) is 0.